The average Bonchev–Trinajstić information content (AvgIpc) is 2.83. The highest BCUT2D eigenvalue weighted by Gasteiger charge is 2.23. The van der Waals surface area contributed by atoms with Gasteiger partial charge in [-0.05, 0) is 26.8 Å². The molecule has 94 valence electrons. The second-order valence-corrected chi connectivity index (χ2v) is 5.51. The molecule has 2 aliphatic rings. The van der Waals surface area contributed by atoms with Crippen LogP contribution in [0.3, 0.4) is 0 Å². The third-order valence-corrected chi connectivity index (χ3v) is 4.28. The molecule has 1 heterocycles. The molecule has 1 aliphatic carbocycles. The molecule has 16 heavy (non-hydrogen) atoms. The molecule has 0 aromatic heterocycles. The van der Waals surface area contributed by atoms with Crippen LogP contribution in [-0.4, -0.2) is 61.7 Å². The van der Waals surface area contributed by atoms with Gasteiger partial charge in [-0.15, -0.1) is 0 Å². The fraction of sp³-hybridized carbons (Fsp3) is 1.00. The lowest BCUT2D eigenvalue weighted by molar-refractivity contribution is 0.127. The molecular weight excluding hydrogens is 198 g/mol. The first kappa shape index (κ1) is 12.3. The topological polar surface area (TPSA) is 18.5 Å². The molecule has 3 nitrogen and oxygen atoms in total. The van der Waals surface area contributed by atoms with E-state index >= 15 is 0 Å². The molecule has 1 aliphatic heterocycles. The van der Waals surface area contributed by atoms with Crippen molar-refractivity contribution in [1.82, 2.24) is 15.1 Å². The summed E-state index contributed by atoms with van der Waals surface area (Å²) in [5.41, 5.74) is 0. The lowest BCUT2D eigenvalue weighted by atomic mass is 10.1. The van der Waals surface area contributed by atoms with Crippen LogP contribution in [0.25, 0.3) is 0 Å². The van der Waals surface area contributed by atoms with E-state index in [1.807, 2.05) is 0 Å². The Labute approximate surface area is 100 Å². The summed E-state index contributed by atoms with van der Waals surface area (Å²) in [6, 6.07) is 1.58. The number of likely N-dealkylation sites (N-methyl/N-ethyl adjacent to an activating group) is 1. The Kier molecular flexibility index (Phi) is 4.62. The minimum Gasteiger partial charge on any atom is -0.314 e. The molecule has 1 N–H and O–H groups in total. The molecule has 3 heteroatoms. The van der Waals surface area contributed by atoms with Gasteiger partial charge >= 0.3 is 0 Å². The van der Waals surface area contributed by atoms with Crippen molar-refractivity contribution in [3.63, 3.8) is 0 Å². The smallest absolute Gasteiger partial charge is 0.0195 e. The predicted octanol–water partition coefficient (Wildman–Crippen LogP) is 1.15. The minimum absolute atomic E-state index is 0.715. The van der Waals surface area contributed by atoms with Gasteiger partial charge in [0, 0.05) is 44.8 Å². The molecule has 0 amide bonds. The van der Waals surface area contributed by atoms with Crippen LogP contribution in [0.2, 0.25) is 0 Å². The largest absolute Gasteiger partial charge is 0.314 e. The van der Waals surface area contributed by atoms with Crippen LogP contribution >= 0.6 is 0 Å². The third-order valence-electron chi connectivity index (χ3n) is 4.28. The number of nitrogens with one attached hydrogen (secondary N) is 1. The summed E-state index contributed by atoms with van der Waals surface area (Å²) < 4.78 is 0. The Hall–Kier alpha value is -0.120. The van der Waals surface area contributed by atoms with Crippen molar-refractivity contribution in [2.45, 2.75) is 44.7 Å². The number of hydrogen-bond acceptors (Lipinski definition) is 3. The molecule has 1 unspecified atom stereocenters. The molecule has 0 aromatic carbocycles. The molecule has 1 atom stereocenters. The zero-order valence-corrected chi connectivity index (χ0v) is 10.9. The number of piperazine rings is 1. The summed E-state index contributed by atoms with van der Waals surface area (Å²) in [5, 5.41) is 3.42. The first-order chi connectivity index (χ1) is 7.77. The maximum Gasteiger partial charge on any atom is 0.0195 e. The summed E-state index contributed by atoms with van der Waals surface area (Å²) >= 11 is 0. The highest BCUT2D eigenvalue weighted by atomic mass is 15.2. The number of hydrogen-bond donors (Lipinski definition) is 1. The van der Waals surface area contributed by atoms with Crippen LogP contribution in [0, 0.1) is 0 Å². The third kappa shape index (κ3) is 3.19. The summed E-state index contributed by atoms with van der Waals surface area (Å²) in [6.07, 6.45) is 5.73. The molecule has 0 spiro atoms. The van der Waals surface area contributed by atoms with Gasteiger partial charge in [0.15, 0.2) is 0 Å². The van der Waals surface area contributed by atoms with Crippen molar-refractivity contribution in [2.75, 3.05) is 39.8 Å². The van der Waals surface area contributed by atoms with Crippen molar-refractivity contribution in [1.29, 1.82) is 0 Å². The van der Waals surface area contributed by atoms with Crippen LogP contribution in [0.1, 0.15) is 32.6 Å². The predicted molar refractivity (Wildman–Crippen MR) is 68.8 cm³/mol. The van der Waals surface area contributed by atoms with E-state index in [1.54, 1.807) is 0 Å². The van der Waals surface area contributed by atoms with Gasteiger partial charge in [-0.1, -0.05) is 12.8 Å². The van der Waals surface area contributed by atoms with Crippen molar-refractivity contribution >= 4 is 0 Å². The van der Waals surface area contributed by atoms with E-state index in [9.17, 15) is 0 Å². The quantitative estimate of drug-likeness (QED) is 0.774. The molecule has 2 fully saturated rings. The minimum atomic E-state index is 0.715. The Morgan fingerprint density at radius 3 is 2.50 bits per heavy atom. The van der Waals surface area contributed by atoms with E-state index < -0.39 is 0 Å². The first-order valence-corrected chi connectivity index (χ1v) is 6.92. The Morgan fingerprint density at radius 2 is 1.88 bits per heavy atom. The highest BCUT2D eigenvalue weighted by Crippen LogP contribution is 2.22. The van der Waals surface area contributed by atoms with E-state index in [0.717, 1.165) is 19.1 Å². The Morgan fingerprint density at radius 1 is 1.25 bits per heavy atom. The first-order valence-electron chi connectivity index (χ1n) is 6.92. The van der Waals surface area contributed by atoms with Gasteiger partial charge in [-0.2, -0.15) is 0 Å². The van der Waals surface area contributed by atoms with Gasteiger partial charge in [-0.25, -0.2) is 0 Å². The van der Waals surface area contributed by atoms with E-state index in [1.165, 1.54) is 45.3 Å². The van der Waals surface area contributed by atoms with Crippen molar-refractivity contribution in [3.05, 3.63) is 0 Å². The molecule has 1 saturated carbocycles. The Balaban J connectivity index is 1.74. The molecular formula is C13H27N3. The molecule has 2 rings (SSSR count). The van der Waals surface area contributed by atoms with Crippen LogP contribution in [0.5, 0.6) is 0 Å². The summed E-state index contributed by atoms with van der Waals surface area (Å²) in [5.74, 6) is 0. The van der Waals surface area contributed by atoms with Crippen molar-refractivity contribution in [2.24, 2.45) is 0 Å². The van der Waals surface area contributed by atoms with E-state index in [2.05, 4.69) is 29.1 Å². The zero-order valence-electron chi connectivity index (χ0n) is 10.9. The van der Waals surface area contributed by atoms with Gasteiger partial charge in [-0.3, -0.25) is 4.90 Å². The second-order valence-electron chi connectivity index (χ2n) is 5.51. The summed E-state index contributed by atoms with van der Waals surface area (Å²) in [7, 11) is 2.31. The number of nitrogens with zero attached hydrogens (tertiary/aromatic N) is 2. The molecule has 0 bridgehead atoms. The van der Waals surface area contributed by atoms with Crippen LogP contribution in [-0.2, 0) is 0 Å². The number of rotatable bonds is 4. The van der Waals surface area contributed by atoms with Crippen molar-refractivity contribution < 1.29 is 0 Å². The van der Waals surface area contributed by atoms with Crippen LogP contribution < -0.4 is 5.32 Å². The van der Waals surface area contributed by atoms with Crippen LogP contribution in [0.4, 0.5) is 0 Å². The lowest BCUT2D eigenvalue weighted by Crippen LogP contribution is -2.51. The molecule has 1 saturated heterocycles. The maximum absolute atomic E-state index is 3.42. The standard InChI is InChI=1S/C13H27N3/c1-12(16-9-7-14-8-10-16)11-15(2)13-5-3-4-6-13/h12-14H,3-11H2,1-2H3. The highest BCUT2D eigenvalue weighted by molar-refractivity contribution is 4.80. The molecule has 0 aromatic rings. The molecule has 0 radical (unpaired) electrons. The SMILES string of the molecule is CC(CN(C)C1CCCC1)N1CCNCC1. The summed E-state index contributed by atoms with van der Waals surface area (Å²) in [4.78, 5) is 5.22. The van der Waals surface area contributed by atoms with E-state index in [4.69, 9.17) is 0 Å². The Bertz CT molecular complexity index is 195. The normalized spacial score (nSPS) is 26.4. The average molecular weight is 225 g/mol. The summed E-state index contributed by atoms with van der Waals surface area (Å²) in [6.45, 7) is 8.40. The van der Waals surface area contributed by atoms with Gasteiger partial charge in [0.05, 0.1) is 0 Å². The van der Waals surface area contributed by atoms with Gasteiger partial charge < -0.3 is 10.2 Å². The van der Waals surface area contributed by atoms with Crippen LogP contribution in [0.15, 0.2) is 0 Å². The van der Waals surface area contributed by atoms with Gasteiger partial charge in [0.25, 0.3) is 0 Å². The maximum atomic E-state index is 3.42. The fourth-order valence-corrected chi connectivity index (χ4v) is 3.15. The van der Waals surface area contributed by atoms with Gasteiger partial charge in [0.1, 0.15) is 0 Å². The second kappa shape index (κ2) is 5.99. The van der Waals surface area contributed by atoms with Gasteiger partial charge in [0.2, 0.25) is 0 Å². The van der Waals surface area contributed by atoms with E-state index in [0.29, 0.717) is 6.04 Å². The monoisotopic (exact) mass is 225 g/mol. The lowest BCUT2D eigenvalue weighted by Gasteiger charge is -2.36. The fourth-order valence-electron chi connectivity index (χ4n) is 3.15. The van der Waals surface area contributed by atoms with E-state index in [-0.39, 0.29) is 0 Å². The zero-order chi connectivity index (χ0) is 11.4. The van der Waals surface area contributed by atoms with Crippen molar-refractivity contribution in [3.8, 4) is 0 Å².